The zero-order chi connectivity index (χ0) is 32.1. The maximum Gasteiger partial charge on any atom is 0.0286 e. The Bertz CT molecular complexity index is 1220. The van der Waals surface area contributed by atoms with Gasteiger partial charge in [-0.1, -0.05) is 72.7 Å². The number of rotatable bonds is 9. The minimum atomic E-state index is -0.127. The van der Waals surface area contributed by atoms with E-state index in [4.69, 9.17) is 0 Å². The number of benzene rings is 1. The fourth-order valence-corrected chi connectivity index (χ4v) is 26.3. The maximum absolute atomic E-state index is 4.10. The molecule has 2 aliphatic heterocycles. The molecule has 8 unspecified atom stereocenters. The van der Waals surface area contributed by atoms with Crippen molar-refractivity contribution in [1.82, 2.24) is 10.6 Å². The molecule has 1 aromatic carbocycles. The molecule has 11 rings (SSSR count). The molecule has 2 nitrogen and oxygen atoms in total. The van der Waals surface area contributed by atoms with Crippen LogP contribution in [0.15, 0.2) is 24.3 Å². The third-order valence-electron chi connectivity index (χ3n) is 15.2. The molecule has 8 aliphatic carbocycles. The van der Waals surface area contributed by atoms with Gasteiger partial charge in [-0.2, -0.15) is 0 Å². The van der Waals surface area contributed by atoms with Gasteiger partial charge in [0, 0.05) is 17.0 Å². The van der Waals surface area contributed by atoms with Gasteiger partial charge in [-0.05, 0) is 177 Å². The summed E-state index contributed by atoms with van der Waals surface area (Å²) in [6, 6.07) is 10.2. The van der Waals surface area contributed by atoms with Crippen molar-refractivity contribution in [3.63, 3.8) is 0 Å². The topological polar surface area (TPSA) is 24.1 Å². The second kappa shape index (κ2) is 12.0. The van der Waals surface area contributed by atoms with Gasteiger partial charge in [-0.3, -0.25) is 0 Å². The Labute approximate surface area is 293 Å². The van der Waals surface area contributed by atoms with Crippen molar-refractivity contribution in [3.8, 4) is 0 Å². The van der Waals surface area contributed by atoms with Gasteiger partial charge in [0.2, 0.25) is 0 Å². The lowest BCUT2D eigenvalue weighted by Crippen LogP contribution is -2.57. The lowest BCUT2D eigenvalue weighted by Gasteiger charge is -2.67. The molecule has 0 amide bonds. The van der Waals surface area contributed by atoms with Crippen LogP contribution in [0, 0.1) is 33.5 Å². The third kappa shape index (κ3) is 6.43. The van der Waals surface area contributed by atoms with E-state index in [1.807, 2.05) is 5.56 Å². The molecule has 10 aliphatic rings. The second-order valence-corrected chi connectivity index (χ2v) is 27.9. The monoisotopic (exact) mass is 692 g/mol. The predicted octanol–water partition coefficient (Wildman–Crippen LogP) is 11.7. The smallest absolute Gasteiger partial charge is 0.0286 e. The Morgan fingerprint density at radius 3 is 1.53 bits per heavy atom. The summed E-state index contributed by atoms with van der Waals surface area (Å²) in [4.78, 5) is 0. The Hall–Kier alpha value is 0.430. The summed E-state index contributed by atoms with van der Waals surface area (Å²) < 4.78 is 0. The van der Waals surface area contributed by atoms with E-state index >= 15 is 0 Å². The Balaban J connectivity index is 1.08. The predicted molar refractivity (Wildman–Crippen MR) is 208 cm³/mol. The average Bonchev–Trinajstić information content (AvgIpc) is 2.97. The van der Waals surface area contributed by atoms with Crippen LogP contribution in [0.25, 0.3) is 0 Å². The molecule has 0 spiro atoms. The van der Waals surface area contributed by atoms with Gasteiger partial charge < -0.3 is 10.6 Å². The van der Waals surface area contributed by atoms with Gasteiger partial charge in [-0.15, -0.1) is 17.2 Å². The highest BCUT2D eigenvalue weighted by Gasteiger charge is 2.63. The molecule has 5 heteroatoms. The van der Waals surface area contributed by atoms with E-state index in [2.05, 4.69) is 62.6 Å². The molecule has 2 saturated heterocycles. The van der Waals surface area contributed by atoms with Crippen LogP contribution < -0.4 is 10.6 Å². The van der Waals surface area contributed by atoms with E-state index in [1.165, 1.54) is 96.3 Å². The lowest BCUT2D eigenvalue weighted by atomic mass is 9.45. The van der Waals surface area contributed by atoms with E-state index < -0.39 is 0 Å². The molecule has 10 fully saturated rings. The summed E-state index contributed by atoms with van der Waals surface area (Å²) >= 11 is 0. The zero-order valence-corrected chi connectivity index (χ0v) is 33.4. The molecular formula is C42H67N2P3. The average molecular weight is 693 g/mol. The molecule has 8 atom stereocenters. The summed E-state index contributed by atoms with van der Waals surface area (Å²) in [5, 5.41) is 10.2. The van der Waals surface area contributed by atoms with Crippen molar-refractivity contribution < 1.29 is 0 Å². The van der Waals surface area contributed by atoms with Gasteiger partial charge in [0.1, 0.15) is 0 Å². The highest BCUT2D eigenvalue weighted by Crippen LogP contribution is 2.78. The summed E-state index contributed by atoms with van der Waals surface area (Å²) in [7, 11) is 2.15. The first-order chi connectivity index (χ1) is 22.4. The van der Waals surface area contributed by atoms with Crippen molar-refractivity contribution in [3.05, 3.63) is 35.4 Å². The first kappa shape index (κ1) is 33.3. The third-order valence-corrected chi connectivity index (χ3v) is 22.8. The summed E-state index contributed by atoms with van der Waals surface area (Å²) in [6.45, 7) is 13.4. The van der Waals surface area contributed by atoms with Crippen molar-refractivity contribution in [2.24, 2.45) is 33.5 Å². The molecule has 260 valence electrons. The van der Waals surface area contributed by atoms with Crippen molar-refractivity contribution in [2.75, 3.05) is 13.1 Å². The minimum absolute atomic E-state index is 0.127. The van der Waals surface area contributed by atoms with Gasteiger partial charge in [-0.25, -0.2) is 0 Å². The number of nitrogens with one attached hydrogen (secondary N) is 2. The van der Waals surface area contributed by atoms with Crippen molar-refractivity contribution in [2.45, 2.75) is 177 Å². The van der Waals surface area contributed by atoms with Crippen molar-refractivity contribution in [1.29, 1.82) is 0 Å². The van der Waals surface area contributed by atoms with Crippen LogP contribution in [0.5, 0.6) is 0 Å². The summed E-state index contributed by atoms with van der Waals surface area (Å²) in [5.74, 6) is 3.51. The summed E-state index contributed by atoms with van der Waals surface area (Å²) in [6.07, 6.45) is 28.3. The molecule has 2 heterocycles. The molecule has 47 heavy (non-hydrogen) atoms. The van der Waals surface area contributed by atoms with Crippen LogP contribution in [-0.4, -0.2) is 35.0 Å². The van der Waals surface area contributed by atoms with Gasteiger partial charge in [0.25, 0.3) is 0 Å². The molecule has 0 radical (unpaired) electrons. The number of hydrogen-bond acceptors (Lipinski definition) is 2. The summed E-state index contributed by atoms with van der Waals surface area (Å²) in [5.41, 5.74) is 6.09. The van der Waals surface area contributed by atoms with Gasteiger partial charge >= 0.3 is 0 Å². The first-order valence-electron chi connectivity index (χ1n) is 20.3. The fraction of sp³-hybridized carbons (Fsp3) is 0.857. The number of hydrogen-bond donors (Lipinski definition) is 2. The van der Waals surface area contributed by atoms with Gasteiger partial charge in [0.05, 0.1) is 0 Å². The van der Waals surface area contributed by atoms with Crippen LogP contribution in [0.4, 0.5) is 0 Å². The molecule has 8 saturated carbocycles. The van der Waals surface area contributed by atoms with Gasteiger partial charge in [0.15, 0.2) is 0 Å². The Kier molecular flexibility index (Phi) is 8.48. The van der Waals surface area contributed by atoms with Crippen LogP contribution in [0.3, 0.4) is 0 Å². The maximum atomic E-state index is 4.10. The van der Waals surface area contributed by atoms with E-state index in [1.54, 1.807) is 44.1 Å². The fourth-order valence-electron chi connectivity index (χ4n) is 15.8. The molecule has 1 aromatic rings. The minimum Gasteiger partial charge on any atom is -0.310 e. The largest absolute Gasteiger partial charge is 0.310 e. The highest BCUT2D eigenvalue weighted by molar-refractivity contribution is 7.59. The van der Waals surface area contributed by atoms with Crippen LogP contribution in [-0.2, 0) is 6.16 Å². The molecular weight excluding hydrogens is 625 g/mol. The highest BCUT2D eigenvalue weighted by atomic mass is 31.1. The lowest BCUT2D eigenvalue weighted by molar-refractivity contribution is -0.0794. The number of piperidine rings is 2. The first-order valence-corrected chi connectivity index (χ1v) is 24.1. The van der Waals surface area contributed by atoms with Crippen molar-refractivity contribution >= 4 is 25.1 Å². The van der Waals surface area contributed by atoms with E-state index in [0.717, 1.165) is 46.0 Å². The Morgan fingerprint density at radius 1 is 0.638 bits per heavy atom. The van der Waals surface area contributed by atoms with Crippen LogP contribution in [0.2, 0.25) is 0 Å². The Morgan fingerprint density at radius 2 is 1.11 bits per heavy atom. The SMILES string of the molecule is CC12CC3CC(C)(C1)CC(PC(PC14CC5CC(C)(CC(C)(C5)C1)C4)c1ccccc1CP(C1CCCCN1)C1CCCCN1)(C3)C2. The van der Waals surface area contributed by atoms with E-state index in [-0.39, 0.29) is 7.92 Å². The van der Waals surface area contributed by atoms with Crippen LogP contribution in [0.1, 0.15) is 160 Å². The molecule has 2 N–H and O–H groups in total. The quantitative estimate of drug-likeness (QED) is 0.252. The second-order valence-electron chi connectivity index (χ2n) is 20.8. The van der Waals surface area contributed by atoms with Crippen LogP contribution >= 0.6 is 25.1 Å². The zero-order valence-electron chi connectivity index (χ0n) is 30.5. The van der Waals surface area contributed by atoms with E-state index in [0.29, 0.717) is 32.0 Å². The van der Waals surface area contributed by atoms with E-state index in [9.17, 15) is 0 Å². The standard InChI is InChI=1S/C42H67N2P3/c1-37-17-30-18-38(2,24-37)27-41(21-30,26-37)45-36(46-42-22-31-19-39(3,28-42)25-40(4,20-31)29-42)33-12-6-5-11-32(33)23-47(34-13-7-9-15-43-34)35-14-8-10-16-44-35/h5-6,11-12,30-31,34-36,43-46H,7-10,13-29H2,1-4H3. The molecule has 8 bridgehead atoms. The molecule has 0 aromatic heterocycles. The normalized spacial score (nSPS) is 50.2.